The number of alkyl halides is 3. The zero-order chi connectivity index (χ0) is 22.8. The summed E-state index contributed by atoms with van der Waals surface area (Å²) >= 11 is 0. The summed E-state index contributed by atoms with van der Waals surface area (Å²) in [6, 6.07) is 11.8. The Hall–Kier alpha value is -3.22. The van der Waals surface area contributed by atoms with E-state index in [1.54, 1.807) is 24.3 Å². The summed E-state index contributed by atoms with van der Waals surface area (Å²) < 4.78 is 48.2. The van der Waals surface area contributed by atoms with Crippen LogP contribution >= 0.6 is 0 Å². The number of aryl methyl sites for hydroxylation is 2. The van der Waals surface area contributed by atoms with Gasteiger partial charge in [0.05, 0.1) is 11.3 Å². The third-order valence-electron chi connectivity index (χ3n) is 5.40. The van der Waals surface area contributed by atoms with Gasteiger partial charge in [-0.15, -0.1) is 0 Å². The summed E-state index contributed by atoms with van der Waals surface area (Å²) in [4.78, 5) is 10.8. The molecule has 0 aliphatic heterocycles. The van der Waals surface area contributed by atoms with E-state index < -0.39 is 17.7 Å². The Morgan fingerprint density at radius 2 is 1.81 bits per heavy atom. The van der Waals surface area contributed by atoms with Crippen LogP contribution in [0.1, 0.15) is 39.9 Å². The van der Waals surface area contributed by atoms with Crippen molar-refractivity contribution in [2.24, 2.45) is 0 Å². The monoisotopic (exact) mass is 431 g/mol. The van der Waals surface area contributed by atoms with Crippen LogP contribution in [0.2, 0.25) is 0 Å². The van der Waals surface area contributed by atoms with Crippen molar-refractivity contribution in [2.75, 3.05) is 0 Å². The van der Waals surface area contributed by atoms with Crippen molar-refractivity contribution in [3.05, 3.63) is 82.2 Å². The molecule has 164 valence electrons. The van der Waals surface area contributed by atoms with Gasteiger partial charge in [0.15, 0.2) is 0 Å². The van der Waals surface area contributed by atoms with Crippen LogP contribution < -0.4 is 4.74 Å². The minimum Gasteiger partial charge on any atom is -0.487 e. The van der Waals surface area contributed by atoms with Gasteiger partial charge in [-0.25, -0.2) is 0 Å². The second-order valence-corrected chi connectivity index (χ2v) is 7.54. The van der Waals surface area contributed by atoms with E-state index in [1.165, 1.54) is 10.8 Å². The lowest BCUT2D eigenvalue weighted by atomic mass is 9.99. The Balaban J connectivity index is 1.91. The molecule has 0 aliphatic rings. The molecule has 1 N–H and O–H groups in total. The second kappa shape index (κ2) is 8.88. The van der Waals surface area contributed by atoms with Crippen molar-refractivity contribution >= 4 is 5.97 Å². The molecule has 0 radical (unpaired) electrons. The molecule has 31 heavy (non-hydrogen) atoms. The first kappa shape index (κ1) is 22.5. The summed E-state index contributed by atoms with van der Waals surface area (Å²) in [7, 11) is 0. The zero-order valence-corrected chi connectivity index (χ0v) is 17.6. The van der Waals surface area contributed by atoms with Crippen LogP contribution in [0, 0.1) is 20.8 Å². The first-order valence-corrected chi connectivity index (χ1v) is 9.86. The van der Waals surface area contributed by atoms with Crippen molar-refractivity contribution in [1.29, 1.82) is 0 Å². The predicted molar refractivity (Wildman–Crippen MR) is 112 cm³/mol. The highest BCUT2D eigenvalue weighted by atomic mass is 19.4. The smallest absolute Gasteiger partial charge is 0.418 e. The lowest BCUT2D eigenvalue weighted by Crippen LogP contribution is -2.13. The van der Waals surface area contributed by atoms with Gasteiger partial charge in [0.2, 0.25) is 0 Å². The third kappa shape index (κ3) is 5.10. The molecule has 3 rings (SSSR count). The van der Waals surface area contributed by atoms with Gasteiger partial charge in [-0.05, 0) is 73.7 Å². The van der Waals surface area contributed by atoms with E-state index in [0.29, 0.717) is 17.9 Å². The van der Waals surface area contributed by atoms with Crippen LogP contribution in [-0.2, 0) is 24.0 Å². The highest BCUT2D eigenvalue weighted by Crippen LogP contribution is 2.35. The third-order valence-corrected chi connectivity index (χ3v) is 5.40. The molecule has 4 nitrogen and oxygen atoms in total. The quantitative estimate of drug-likeness (QED) is 0.498. The number of carboxylic acid groups (broad SMARTS) is 1. The second-order valence-electron chi connectivity index (χ2n) is 7.54. The van der Waals surface area contributed by atoms with Crippen LogP contribution in [0.15, 0.2) is 48.7 Å². The van der Waals surface area contributed by atoms with Gasteiger partial charge in [-0.2, -0.15) is 13.2 Å². The molecule has 1 heterocycles. The van der Waals surface area contributed by atoms with Crippen LogP contribution in [0.25, 0.3) is 5.69 Å². The number of carbonyl (C=O) groups is 1. The molecule has 7 heteroatoms. The SMILES string of the molecule is Cc1cccc(-n2ccc(C(F)(F)F)c2COc2ccc(CCC(=O)O)c(C)c2C)c1. The van der Waals surface area contributed by atoms with E-state index in [-0.39, 0.29) is 18.7 Å². The van der Waals surface area contributed by atoms with Crippen LogP contribution in [-0.4, -0.2) is 15.6 Å². The molecular formula is C24H24F3NO3. The normalized spacial score (nSPS) is 11.5. The summed E-state index contributed by atoms with van der Waals surface area (Å²) in [5.41, 5.74) is 3.40. The van der Waals surface area contributed by atoms with Crippen LogP contribution in [0.3, 0.4) is 0 Å². The van der Waals surface area contributed by atoms with Crippen molar-refractivity contribution in [1.82, 2.24) is 4.57 Å². The summed E-state index contributed by atoms with van der Waals surface area (Å²) in [6.45, 7) is 5.30. The van der Waals surface area contributed by atoms with Gasteiger partial charge in [-0.3, -0.25) is 4.79 Å². The number of aliphatic carboxylic acids is 1. The topological polar surface area (TPSA) is 51.5 Å². The number of benzene rings is 2. The van der Waals surface area contributed by atoms with Gasteiger partial charge in [0.1, 0.15) is 12.4 Å². The largest absolute Gasteiger partial charge is 0.487 e. The van der Waals surface area contributed by atoms with E-state index in [0.717, 1.165) is 28.3 Å². The average molecular weight is 431 g/mol. The molecule has 0 amide bonds. The minimum atomic E-state index is -4.50. The molecule has 3 aromatic rings. The highest BCUT2D eigenvalue weighted by Gasteiger charge is 2.35. The number of rotatable bonds is 7. The maximum absolute atomic E-state index is 13.6. The molecule has 0 spiro atoms. The predicted octanol–water partition coefficient (Wildman–Crippen LogP) is 6.02. The van der Waals surface area contributed by atoms with E-state index in [9.17, 15) is 18.0 Å². The van der Waals surface area contributed by atoms with Gasteiger partial charge < -0.3 is 14.4 Å². The van der Waals surface area contributed by atoms with Crippen LogP contribution in [0.5, 0.6) is 5.75 Å². The van der Waals surface area contributed by atoms with Crippen molar-refractivity contribution in [2.45, 2.75) is 46.4 Å². The Morgan fingerprint density at radius 3 is 2.45 bits per heavy atom. The fourth-order valence-electron chi connectivity index (χ4n) is 3.56. The van der Waals surface area contributed by atoms with E-state index in [4.69, 9.17) is 9.84 Å². The van der Waals surface area contributed by atoms with Crippen molar-refractivity contribution in [3.63, 3.8) is 0 Å². The minimum absolute atomic E-state index is 0.0133. The first-order chi connectivity index (χ1) is 14.6. The van der Waals surface area contributed by atoms with E-state index in [1.807, 2.05) is 32.9 Å². The Kier molecular flexibility index (Phi) is 6.43. The Morgan fingerprint density at radius 1 is 1.06 bits per heavy atom. The maximum Gasteiger partial charge on any atom is 0.418 e. The zero-order valence-electron chi connectivity index (χ0n) is 17.6. The molecule has 0 bridgehead atoms. The average Bonchev–Trinajstić information content (AvgIpc) is 3.12. The molecule has 0 saturated heterocycles. The van der Waals surface area contributed by atoms with Gasteiger partial charge in [0.25, 0.3) is 0 Å². The number of nitrogens with zero attached hydrogens (tertiary/aromatic N) is 1. The molecule has 1 aromatic heterocycles. The summed E-state index contributed by atoms with van der Waals surface area (Å²) in [5.74, 6) is -0.407. The fourth-order valence-corrected chi connectivity index (χ4v) is 3.56. The summed E-state index contributed by atoms with van der Waals surface area (Å²) in [6.07, 6.45) is -2.70. The van der Waals surface area contributed by atoms with Gasteiger partial charge >= 0.3 is 12.1 Å². The highest BCUT2D eigenvalue weighted by molar-refractivity contribution is 5.67. The Labute approximate surface area is 178 Å². The molecule has 0 fully saturated rings. The number of halogens is 3. The standard InChI is InChI=1S/C24H24F3NO3/c1-15-5-4-6-19(13-15)28-12-11-20(24(25,26)27)21(28)14-31-22-9-7-18(8-10-23(29)30)16(2)17(22)3/h4-7,9,11-13H,8,10,14H2,1-3H3,(H,29,30). The molecule has 0 aliphatic carbocycles. The maximum atomic E-state index is 13.6. The number of hydrogen-bond donors (Lipinski definition) is 1. The summed E-state index contributed by atoms with van der Waals surface area (Å²) in [5, 5.41) is 8.89. The van der Waals surface area contributed by atoms with Crippen molar-refractivity contribution < 1.29 is 27.8 Å². The lowest BCUT2D eigenvalue weighted by Gasteiger charge is -2.17. The molecule has 0 unspecified atom stereocenters. The molecular weight excluding hydrogens is 407 g/mol. The van der Waals surface area contributed by atoms with Gasteiger partial charge in [-0.1, -0.05) is 18.2 Å². The van der Waals surface area contributed by atoms with E-state index in [2.05, 4.69) is 0 Å². The van der Waals surface area contributed by atoms with Gasteiger partial charge in [0, 0.05) is 18.3 Å². The molecule has 2 aromatic carbocycles. The number of hydrogen-bond acceptors (Lipinski definition) is 2. The van der Waals surface area contributed by atoms with Crippen molar-refractivity contribution in [3.8, 4) is 11.4 Å². The number of aromatic nitrogens is 1. The lowest BCUT2D eigenvalue weighted by molar-refractivity contribution is -0.139. The molecule has 0 saturated carbocycles. The first-order valence-electron chi connectivity index (χ1n) is 9.86. The number of carboxylic acids is 1. The number of ether oxygens (including phenoxy) is 1. The van der Waals surface area contributed by atoms with E-state index >= 15 is 0 Å². The molecule has 0 atom stereocenters. The van der Waals surface area contributed by atoms with Crippen LogP contribution in [0.4, 0.5) is 13.2 Å². The Bertz CT molecular complexity index is 1100. The fraction of sp³-hybridized carbons (Fsp3) is 0.292.